The van der Waals surface area contributed by atoms with E-state index in [-0.39, 0.29) is 5.75 Å². The van der Waals surface area contributed by atoms with Gasteiger partial charge in [0.05, 0.1) is 5.69 Å². The van der Waals surface area contributed by atoms with Crippen molar-refractivity contribution in [3.63, 3.8) is 0 Å². The number of aromatic hydroxyl groups is 1. The molecule has 6 nitrogen and oxygen atoms in total. The molecule has 1 aliphatic heterocycles. The summed E-state index contributed by atoms with van der Waals surface area (Å²) in [4.78, 5) is 19.3. The number of H-pyrrole nitrogens is 1. The molecule has 1 aliphatic rings. The smallest absolute Gasteiger partial charge is 0.336 e. The van der Waals surface area contributed by atoms with Gasteiger partial charge in [0, 0.05) is 54.6 Å². The molecule has 1 fully saturated rings. The highest BCUT2D eigenvalue weighted by atomic mass is 35.5. The van der Waals surface area contributed by atoms with Crippen LogP contribution in [0.5, 0.6) is 5.75 Å². The molecule has 0 unspecified atom stereocenters. The maximum Gasteiger partial charge on any atom is 0.336 e. The van der Waals surface area contributed by atoms with Crippen molar-refractivity contribution in [2.24, 2.45) is 0 Å². The number of aryl methyl sites for hydroxylation is 1. The number of aromatic amines is 1. The Kier molecular flexibility index (Phi) is 5.81. The predicted molar refractivity (Wildman–Crippen MR) is 129 cm³/mol. The minimum atomic E-state index is -0.412. The van der Waals surface area contributed by atoms with Gasteiger partial charge in [0.25, 0.3) is 0 Å². The number of benzene rings is 2. The van der Waals surface area contributed by atoms with Crippen molar-refractivity contribution >= 4 is 39.2 Å². The molecule has 0 bridgehead atoms. The van der Waals surface area contributed by atoms with Crippen LogP contribution in [0.2, 0.25) is 5.15 Å². The topological polar surface area (TPSA) is 72.7 Å². The fourth-order valence-electron chi connectivity index (χ4n) is 4.61. The average Bonchev–Trinajstić information content (AvgIpc) is 3.11. The molecule has 1 saturated heterocycles. The number of halogens is 1. The Labute approximate surface area is 191 Å². The van der Waals surface area contributed by atoms with Crippen LogP contribution >= 0.6 is 11.6 Å². The number of phenols is 1. The van der Waals surface area contributed by atoms with Crippen LogP contribution in [0.4, 0.5) is 5.69 Å². The van der Waals surface area contributed by atoms with Crippen LogP contribution in [-0.2, 0) is 6.42 Å². The van der Waals surface area contributed by atoms with E-state index in [1.807, 2.05) is 12.1 Å². The van der Waals surface area contributed by atoms with Crippen molar-refractivity contribution in [1.82, 2.24) is 9.88 Å². The zero-order valence-corrected chi connectivity index (χ0v) is 18.6. The molecule has 7 heteroatoms. The third kappa shape index (κ3) is 4.20. The summed E-state index contributed by atoms with van der Waals surface area (Å²) in [7, 11) is 0. The number of hydrogen-bond acceptors (Lipinski definition) is 5. The number of phenolic OH excluding ortho intramolecular Hbond substituents is 1. The van der Waals surface area contributed by atoms with Crippen molar-refractivity contribution < 1.29 is 9.52 Å². The van der Waals surface area contributed by atoms with Crippen LogP contribution in [0, 0.1) is 0 Å². The summed E-state index contributed by atoms with van der Waals surface area (Å²) in [6, 6.07) is 14.8. The van der Waals surface area contributed by atoms with Gasteiger partial charge in [0.15, 0.2) is 0 Å². The number of unbranched alkanes of at least 4 members (excludes halogenated alkanes) is 1. The van der Waals surface area contributed by atoms with Gasteiger partial charge in [-0.1, -0.05) is 29.8 Å². The number of nitrogens with zero attached hydrogens (tertiary/aromatic N) is 2. The number of piperazine rings is 1. The maximum atomic E-state index is 11.4. The zero-order chi connectivity index (χ0) is 22.1. The number of anilines is 1. The van der Waals surface area contributed by atoms with Gasteiger partial charge in [0.2, 0.25) is 0 Å². The molecular weight excluding hydrogens is 426 g/mol. The molecule has 2 aromatic heterocycles. The van der Waals surface area contributed by atoms with Gasteiger partial charge in [0.1, 0.15) is 16.5 Å². The molecule has 2 N–H and O–H groups in total. The van der Waals surface area contributed by atoms with Gasteiger partial charge in [-0.3, -0.25) is 4.90 Å². The molecule has 0 amide bonds. The molecule has 0 spiro atoms. The Hall–Kier alpha value is -2.96. The maximum absolute atomic E-state index is 11.4. The molecule has 166 valence electrons. The number of rotatable bonds is 6. The van der Waals surface area contributed by atoms with E-state index in [4.69, 9.17) is 16.0 Å². The highest BCUT2D eigenvalue weighted by molar-refractivity contribution is 6.31. The first-order valence-electron chi connectivity index (χ1n) is 11.1. The van der Waals surface area contributed by atoms with Crippen molar-refractivity contribution in [2.75, 3.05) is 37.6 Å². The van der Waals surface area contributed by atoms with Gasteiger partial charge in [-0.05, 0) is 49.6 Å². The third-order valence-electron chi connectivity index (χ3n) is 6.34. The largest absolute Gasteiger partial charge is 0.506 e. The minimum Gasteiger partial charge on any atom is -0.506 e. The van der Waals surface area contributed by atoms with Crippen molar-refractivity contribution in [1.29, 1.82) is 0 Å². The van der Waals surface area contributed by atoms with Crippen LogP contribution in [-0.4, -0.2) is 47.7 Å². The van der Waals surface area contributed by atoms with E-state index in [0.717, 1.165) is 73.7 Å². The standard InChI is InChI=1S/C25H26ClN3O3/c26-25-19(18-5-1-2-7-20(18)27-25)6-3-4-10-28-11-13-29(14-12-28)21-15-17-8-9-24(31)32-23(17)16-22(21)30/h1-2,5,7-9,15-16,27,30H,3-4,6,10-14H2. The molecule has 32 heavy (non-hydrogen) atoms. The number of fused-ring (bicyclic) bond motifs is 2. The lowest BCUT2D eigenvalue weighted by atomic mass is 10.1. The number of para-hydroxylation sites is 1. The van der Waals surface area contributed by atoms with Gasteiger partial charge in [-0.25, -0.2) is 4.79 Å². The number of aromatic nitrogens is 1. The number of hydrogen-bond donors (Lipinski definition) is 2. The summed E-state index contributed by atoms with van der Waals surface area (Å²) in [6.07, 6.45) is 3.19. The van der Waals surface area contributed by atoms with E-state index in [0.29, 0.717) is 5.58 Å². The van der Waals surface area contributed by atoms with E-state index < -0.39 is 5.63 Å². The van der Waals surface area contributed by atoms with Gasteiger partial charge in [-0.2, -0.15) is 0 Å². The molecule has 2 aromatic carbocycles. The third-order valence-corrected chi connectivity index (χ3v) is 6.66. The lowest BCUT2D eigenvalue weighted by Gasteiger charge is -2.36. The summed E-state index contributed by atoms with van der Waals surface area (Å²) in [5.41, 5.74) is 3.11. The van der Waals surface area contributed by atoms with Crippen molar-refractivity contribution in [2.45, 2.75) is 19.3 Å². The van der Waals surface area contributed by atoms with Crippen LogP contribution in [0.1, 0.15) is 18.4 Å². The molecule has 0 atom stereocenters. The summed E-state index contributed by atoms with van der Waals surface area (Å²) in [5, 5.41) is 13.2. The fraction of sp³-hybridized carbons (Fsp3) is 0.320. The van der Waals surface area contributed by atoms with E-state index >= 15 is 0 Å². The SMILES string of the molecule is O=c1ccc2cc(N3CCN(CCCCc4c(Cl)[nH]c5ccccc45)CC3)c(O)cc2o1. The summed E-state index contributed by atoms with van der Waals surface area (Å²) in [5.74, 6) is 0.149. The predicted octanol–water partition coefficient (Wildman–Crippen LogP) is 4.78. The quantitative estimate of drug-likeness (QED) is 0.326. The van der Waals surface area contributed by atoms with E-state index in [2.05, 4.69) is 33.0 Å². The molecule has 0 saturated carbocycles. The summed E-state index contributed by atoms with van der Waals surface area (Å²) >= 11 is 6.41. The second-order valence-electron chi connectivity index (χ2n) is 8.38. The molecule has 3 heterocycles. The lowest BCUT2D eigenvalue weighted by molar-refractivity contribution is 0.252. The first kappa shape index (κ1) is 20.9. The van der Waals surface area contributed by atoms with Crippen LogP contribution in [0.3, 0.4) is 0 Å². The zero-order valence-electron chi connectivity index (χ0n) is 17.8. The highest BCUT2D eigenvalue weighted by Gasteiger charge is 2.20. The normalized spacial score (nSPS) is 15.1. The van der Waals surface area contributed by atoms with Crippen LogP contribution in [0.25, 0.3) is 21.9 Å². The minimum absolute atomic E-state index is 0.149. The Balaban J connectivity index is 1.14. The molecule has 0 aliphatic carbocycles. The first-order chi connectivity index (χ1) is 15.6. The van der Waals surface area contributed by atoms with Crippen molar-refractivity contribution in [3.8, 4) is 5.75 Å². The Morgan fingerprint density at radius 3 is 2.69 bits per heavy atom. The van der Waals surface area contributed by atoms with Crippen LogP contribution < -0.4 is 10.5 Å². The van der Waals surface area contributed by atoms with Gasteiger partial charge >= 0.3 is 5.63 Å². The summed E-state index contributed by atoms with van der Waals surface area (Å²) in [6.45, 7) is 4.67. The molecular formula is C25H26ClN3O3. The van der Waals surface area contributed by atoms with Gasteiger partial charge in [-0.15, -0.1) is 0 Å². The monoisotopic (exact) mass is 451 g/mol. The number of nitrogens with one attached hydrogen (secondary N) is 1. The van der Waals surface area contributed by atoms with Gasteiger partial charge < -0.3 is 19.4 Å². The van der Waals surface area contributed by atoms with E-state index in [1.165, 1.54) is 23.1 Å². The average molecular weight is 452 g/mol. The second-order valence-corrected chi connectivity index (χ2v) is 8.76. The molecule has 5 rings (SSSR count). The van der Waals surface area contributed by atoms with E-state index in [1.54, 1.807) is 6.07 Å². The fourth-order valence-corrected chi connectivity index (χ4v) is 4.91. The first-order valence-corrected chi connectivity index (χ1v) is 11.5. The second kappa shape index (κ2) is 8.88. The molecule has 4 aromatic rings. The molecule has 0 radical (unpaired) electrons. The van der Waals surface area contributed by atoms with Crippen molar-refractivity contribution in [3.05, 3.63) is 69.7 Å². The Morgan fingerprint density at radius 2 is 1.84 bits per heavy atom. The Morgan fingerprint density at radius 1 is 1.03 bits per heavy atom. The van der Waals surface area contributed by atoms with Crippen LogP contribution in [0.15, 0.2) is 57.7 Å². The Bertz CT molecular complexity index is 1310. The van der Waals surface area contributed by atoms with E-state index in [9.17, 15) is 9.90 Å². The summed E-state index contributed by atoms with van der Waals surface area (Å²) < 4.78 is 5.16. The highest BCUT2D eigenvalue weighted by Crippen LogP contribution is 2.32. The lowest BCUT2D eigenvalue weighted by Crippen LogP contribution is -2.46.